The van der Waals surface area contributed by atoms with E-state index in [1.807, 2.05) is 0 Å². The molecule has 8 heteroatoms. The molecule has 1 atom stereocenters. The zero-order valence-electron chi connectivity index (χ0n) is 11.3. The molecule has 3 N–H and O–H groups in total. The number of ether oxygens (including phenoxy) is 1. The fourth-order valence-corrected chi connectivity index (χ4v) is 1.48. The van der Waals surface area contributed by atoms with Gasteiger partial charge in [-0.1, -0.05) is 18.2 Å². The summed E-state index contributed by atoms with van der Waals surface area (Å²) in [5.74, 6) is -2.62. The Morgan fingerprint density at radius 3 is 2.57 bits per heavy atom. The molecule has 7 nitrogen and oxygen atoms in total. The standard InChI is InChI=1S/C13H15FN2O5/c1-21-11(17)6-10(12(18)19)16-13(20)15-7-8-4-2-3-5-9(8)14/h2-5,10H,6-7H2,1H3,(H,18,19)(H2,15,16,20)/t10-/m0/s1. The zero-order chi connectivity index (χ0) is 15.8. The predicted octanol–water partition coefficient (Wildman–Crippen LogP) is 0.641. The van der Waals surface area contributed by atoms with Gasteiger partial charge < -0.3 is 20.5 Å². The van der Waals surface area contributed by atoms with Crippen LogP contribution in [0.5, 0.6) is 0 Å². The van der Waals surface area contributed by atoms with Crippen LogP contribution < -0.4 is 10.6 Å². The van der Waals surface area contributed by atoms with Crippen molar-refractivity contribution in [2.24, 2.45) is 0 Å². The first-order valence-electron chi connectivity index (χ1n) is 6.01. The van der Waals surface area contributed by atoms with Gasteiger partial charge in [0.05, 0.1) is 13.5 Å². The minimum atomic E-state index is -1.42. The maximum Gasteiger partial charge on any atom is 0.326 e. The molecule has 0 aliphatic carbocycles. The minimum absolute atomic E-state index is 0.108. The molecular formula is C13H15FN2O5. The summed E-state index contributed by atoms with van der Waals surface area (Å²) in [6, 6.07) is 3.60. The van der Waals surface area contributed by atoms with E-state index in [2.05, 4.69) is 15.4 Å². The summed E-state index contributed by atoms with van der Waals surface area (Å²) < 4.78 is 17.7. The normalized spacial score (nSPS) is 11.3. The highest BCUT2D eigenvalue weighted by Gasteiger charge is 2.23. The summed E-state index contributed by atoms with van der Waals surface area (Å²) in [5, 5.41) is 13.3. The molecule has 0 fully saturated rings. The highest BCUT2D eigenvalue weighted by molar-refractivity contribution is 5.86. The van der Waals surface area contributed by atoms with Crippen molar-refractivity contribution in [2.75, 3.05) is 7.11 Å². The number of halogens is 1. The Bertz CT molecular complexity index is 535. The number of methoxy groups -OCH3 is 1. The van der Waals surface area contributed by atoms with Gasteiger partial charge >= 0.3 is 18.0 Å². The number of aliphatic carboxylic acids is 1. The van der Waals surface area contributed by atoms with Crippen molar-refractivity contribution in [3.05, 3.63) is 35.6 Å². The number of nitrogens with one attached hydrogen (secondary N) is 2. The van der Waals surface area contributed by atoms with E-state index >= 15 is 0 Å². The van der Waals surface area contributed by atoms with Gasteiger partial charge in [-0.05, 0) is 6.07 Å². The van der Waals surface area contributed by atoms with E-state index in [1.54, 1.807) is 6.07 Å². The molecule has 1 aromatic carbocycles. The number of urea groups is 1. The van der Waals surface area contributed by atoms with Crippen LogP contribution in [0.3, 0.4) is 0 Å². The number of hydrogen-bond donors (Lipinski definition) is 3. The van der Waals surface area contributed by atoms with Gasteiger partial charge in [-0.2, -0.15) is 0 Å². The molecule has 1 aromatic rings. The van der Waals surface area contributed by atoms with Gasteiger partial charge in [0.1, 0.15) is 11.9 Å². The first kappa shape index (κ1) is 16.4. The lowest BCUT2D eigenvalue weighted by Crippen LogP contribution is -2.46. The monoisotopic (exact) mass is 298 g/mol. The van der Waals surface area contributed by atoms with E-state index in [0.29, 0.717) is 0 Å². The van der Waals surface area contributed by atoms with Gasteiger partial charge in [0.2, 0.25) is 0 Å². The van der Waals surface area contributed by atoms with Gasteiger partial charge in [0.25, 0.3) is 0 Å². The largest absolute Gasteiger partial charge is 0.480 e. The van der Waals surface area contributed by atoms with Crippen LogP contribution in [0.2, 0.25) is 0 Å². The zero-order valence-corrected chi connectivity index (χ0v) is 11.3. The topological polar surface area (TPSA) is 105 Å². The number of carbonyl (C=O) groups excluding carboxylic acids is 2. The van der Waals surface area contributed by atoms with Gasteiger partial charge in [-0.3, -0.25) is 4.79 Å². The molecule has 0 saturated heterocycles. The number of benzene rings is 1. The number of carboxylic acids is 1. The molecule has 0 radical (unpaired) electrons. The quantitative estimate of drug-likeness (QED) is 0.669. The van der Waals surface area contributed by atoms with Crippen LogP contribution in [0, 0.1) is 5.82 Å². The van der Waals surface area contributed by atoms with Crippen LogP contribution >= 0.6 is 0 Å². The smallest absolute Gasteiger partial charge is 0.326 e. The van der Waals surface area contributed by atoms with Crippen molar-refractivity contribution in [2.45, 2.75) is 19.0 Å². The summed E-state index contributed by atoms with van der Waals surface area (Å²) in [5.41, 5.74) is 0.257. The van der Waals surface area contributed by atoms with Crippen molar-refractivity contribution in [1.82, 2.24) is 10.6 Å². The number of hydrogen-bond acceptors (Lipinski definition) is 4. The molecule has 0 aromatic heterocycles. The first-order chi connectivity index (χ1) is 9.93. The number of amides is 2. The highest BCUT2D eigenvalue weighted by atomic mass is 19.1. The van der Waals surface area contributed by atoms with E-state index in [-0.39, 0.29) is 12.1 Å². The SMILES string of the molecule is COC(=O)C[C@H](NC(=O)NCc1ccccc1F)C(=O)O. The number of rotatable bonds is 6. The minimum Gasteiger partial charge on any atom is -0.480 e. The molecule has 1 rings (SSSR count). The van der Waals surface area contributed by atoms with Crippen LogP contribution in [-0.2, 0) is 20.9 Å². The maximum absolute atomic E-state index is 13.3. The third-order valence-electron chi connectivity index (χ3n) is 2.60. The number of carboxylic acid groups (broad SMARTS) is 1. The summed E-state index contributed by atoms with van der Waals surface area (Å²) in [4.78, 5) is 33.5. The molecule has 21 heavy (non-hydrogen) atoms. The van der Waals surface area contributed by atoms with Crippen molar-refractivity contribution >= 4 is 18.0 Å². The van der Waals surface area contributed by atoms with E-state index in [4.69, 9.17) is 5.11 Å². The Morgan fingerprint density at radius 1 is 1.33 bits per heavy atom. The third-order valence-corrected chi connectivity index (χ3v) is 2.60. The fraction of sp³-hybridized carbons (Fsp3) is 0.308. The summed E-state index contributed by atoms with van der Waals surface area (Å²) in [7, 11) is 1.11. The second-order valence-electron chi connectivity index (χ2n) is 4.09. The van der Waals surface area contributed by atoms with Gasteiger partial charge in [0, 0.05) is 12.1 Å². The Balaban J connectivity index is 2.53. The van der Waals surface area contributed by atoms with Gasteiger partial charge in [0.15, 0.2) is 0 Å². The van der Waals surface area contributed by atoms with E-state index < -0.39 is 36.2 Å². The molecule has 2 amide bonds. The molecule has 114 valence electrons. The van der Waals surface area contributed by atoms with Crippen molar-refractivity contribution in [3.8, 4) is 0 Å². The van der Waals surface area contributed by atoms with E-state index in [0.717, 1.165) is 7.11 Å². The fourth-order valence-electron chi connectivity index (χ4n) is 1.48. The van der Waals surface area contributed by atoms with Gasteiger partial charge in [-0.25, -0.2) is 14.0 Å². The average Bonchev–Trinajstić information content (AvgIpc) is 2.45. The second kappa shape index (κ2) is 7.83. The lowest BCUT2D eigenvalue weighted by molar-refractivity contribution is -0.147. The molecular weight excluding hydrogens is 283 g/mol. The number of carbonyl (C=O) groups is 3. The molecule has 0 aliphatic heterocycles. The predicted molar refractivity (Wildman–Crippen MR) is 69.8 cm³/mol. The molecule has 0 heterocycles. The molecule has 0 aliphatic rings. The van der Waals surface area contributed by atoms with Crippen LogP contribution in [-0.4, -0.2) is 36.2 Å². The van der Waals surface area contributed by atoms with Crippen molar-refractivity contribution in [3.63, 3.8) is 0 Å². The average molecular weight is 298 g/mol. The number of esters is 1. The van der Waals surface area contributed by atoms with Crippen LogP contribution in [0.1, 0.15) is 12.0 Å². The molecule has 0 spiro atoms. The lowest BCUT2D eigenvalue weighted by atomic mass is 10.2. The summed E-state index contributed by atoms with van der Waals surface area (Å²) in [6.07, 6.45) is -0.501. The third kappa shape index (κ3) is 5.47. The lowest BCUT2D eigenvalue weighted by Gasteiger charge is -2.14. The van der Waals surface area contributed by atoms with Crippen molar-refractivity contribution < 1.29 is 28.6 Å². The van der Waals surface area contributed by atoms with Crippen molar-refractivity contribution in [1.29, 1.82) is 0 Å². The van der Waals surface area contributed by atoms with E-state index in [1.165, 1.54) is 18.2 Å². The van der Waals surface area contributed by atoms with Gasteiger partial charge in [-0.15, -0.1) is 0 Å². The first-order valence-corrected chi connectivity index (χ1v) is 6.01. The summed E-state index contributed by atoms with van der Waals surface area (Å²) in [6.45, 7) is -0.108. The Labute approximate surface area is 120 Å². The Hall–Kier alpha value is -2.64. The Kier molecular flexibility index (Phi) is 6.12. The summed E-state index contributed by atoms with van der Waals surface area (Å²) >= 11 is 0. The maximum atomic E-state index is 13.3. The van der Waals surface area contributed by atoms with E-state index in [9.17, 15) is 18.8 Å². The highest BCUT2D eigenvalue weighted by Crippen LogP contribution is 2.05. The van der Waals surface area contributed by atoms with Crippen LogP contribution in [0.15, 0.2) is 24.3 Å². The molecule has 0 saturated carbocycles. The molecule has 0 unspecified atom stereocenters. The van der Waals surface area contributed by atoms with Crippen LogP contribution in [0.4, 0.5) is 9.18 Å². The Morgan fingerprint density at radius 2 is 2.00 bits per heavy atom. The molecule has 0 bridgehead atoms. The van der Waals surface area contributed by atoms with Crippen LogP contribution in [0.25, 0.3) is 0 Å². The second-order valence-corrected chi connectivity index (χ2v) is 4.09.